The molecule has 1 aliphatic rings. The van der Waals surface area contributed by atoms with Gasteiger partial charge in [-0.3, -0.25) is 4.79 Å². The van der Waals surface area contributed by atoms with Crippen molar-refractivity contribution in [3.05, 3.63) is 23.8 Å². The van der Waals surface area contributed by atoms with Crippen LogP contribution in [0.4, 0.5) is 11.4 Å². The van der Waals surface area contributed by atoms with E-state index in [1.807, 2.05) is 0 Å². The van der Waals surface area contributed by atoms with E-state index in [1.54, 1.807) is 12.1 Å². The molecule has 0 bridgehead atoms. The predicted octanol–water partition coefficient (Wildman–Crippen LogP) is 0.112. The number of hydrogen-bond donors (Lipinski definition) is 2. The number of hydrogen-bond acceptors (Lipinski definition) is 5. The van der Waals surface area contributed by atoms with Crippen molar-refractivity contribution in [3.63, 3.8) is 0 Å². The minimum absolute atomic E-state index is 0.00756. The first-order valence-electron chi connectivity index (χ1n) is 6.04. The van der Waals surface area contributed by atoms with E-state index >= 15 is 0 Å². The number of carbonyl (C=O) groups is 1. The van der Waals surface area contributed by atoms with E-state index in [-0.39, 0.29) is 24.0 Å². The number of rotatable bonds is 1. The number of anilines is 2. The third-order valence-corrected chi connectivity index (χ3v) is 4.86. The molecule has 0 aliphatic carbocycles. The maximum Gasteiger partial charge on any atom is 0.255 e. The lowest BCUT2D eigenvalue weighted by Crippen LogP contribution is -2.34. The topological polar surface area (TPSA) is 106 Å². The minimum Gasteiger partial charge on any atom is -0.399 e. The fraction of sp³-hybridized carbons (Fsp3) is 0.417. The van der Waals surface area contributed by atoms with Crippen LogP contribution in [0.5, 0.6) is 0 Å². The first kappa shape index (κ1) is 13.7. The number of carbonyl (C=O) groups excluding carboxylic acids is 1. The Morgan fingerprint density at radius 3 is 2.58 bits per heavy atom. The molecule has 104 valence electrons. The molecule has 0 spiro atoms. The molecular weight excluding hydrogens is 266 g/mol. The summed E-state index contributed by atoms with van der Waals surface area (Å²) in [6.45, 7) is 0.646. The van der Waals surface area contributed by atoms with Crippen molar-refractivity contribution in [3.8, 4) is 0 Å². The molecule has 0 radical (unpaired) electrons. The zero-order chi connectivity index (χ0) is 14.0. The molecule has 0 atom stereocenters. The monoisotopic (exact) mass is 283 g/mol. The van der Waals surface area contributed by atoms with Crippen LogP contribution < -0.4 is 11.5 Å². The zero-order valence-electron chi connectivity index (χ0n) is 10.5. The molecule has 1 aliphatic heterocycles. The van der Waals surface area contributed by atoms with Gasteiger partial charge < -0.3 is 16.4 Å². The van der Waals surface area contributed by atoms with Crippen LogP contribution in [0.1, 0.15) is 16.8 Å². The van der Waals surface area contributed by atoms with E-state index in [0.717, 1.165) is 0 Å². The highest BCUT2D eigenvalue weighted by Crippen LogP contribution is 2.18. The highest BCUT2D eigenvalue weighted by molar-refractivity contribution is 7.91. The van der Waals surface area contributed by atoms with Gasteiger partial charge in [-0.25, -0.2) is 8.42 Å². The summed E-state index contributed by atoms with van der Waals surface area (Å²) in [6, 6.07) is 4.71. The Kier molecular flexibility index (Phi) is 3.66. The van der Waals surface area contributed by atoms with E-state index in [9.17, 15) is 13.2 Å². The highest BCUT2D eigenvalue weighted by atomic mass is 32.2. The second kappa shape index (κ2) is 5.08. The summed E-state index contributed by atoms with van der Waals surface area (Å²) in [7, 11) is -3.03. The van der Waals surface area contributed by atoms with Crippen LogP contribution in [0.25, 0.3) is 0 Å². The summed E-state index contributed by atoms with van der Waals surface area (Å²) in [4.78, 5) is 13.8. The van der Waals surface area contributed by atoms with Gasteiger partial charge >= 0.3 is 0 Å². The number of nitrogens with two attached hydrogens (primary N) is 2. The van der Waals surface area contributed by atoms with Gasteiger partial charge in [0.25, 0.3) is 5.91 Å². The number of nitrogens with zero attached hydrogens (tertiary/aromatic N) is 1. The maximum absolute atomic E-state index is 12.3. The summed E-state index contributed by atoms with van der Waals surface area (Å²) in [5.74, 6) is -0.101. The Bertz CT molecular complexity index is 598. The molecule has 2 rings (SSSR count). The SMILES string of the molecule is Nc1ccc(C(=O)N2CCCS(=O)(=O)CC2)c(N)c1. The first-order valence-corrected chi connectivity index (χ1v) is 7.86. The van der Waals surface area contributed by atoms with E-state index < -0.39 is 9.84 Å². The van der Waals surface area contributed by atoms with Crippen LogP contribution in [-0.2, 0) is 9.84 Å². The normalized spacial score (nSPS) is 18.8. The van der Waals surface area contributed by atoms with Gasteiger partial charge in [0.2, 0.25) is 0 Å². The van der Waals surface area contributed by atoms with E-state index in [2.05, 4.69) is 0 Å². The summed E-state index contributed by atoms with van der Waals surface area (Å²) < 4.78 is 23.0. The van der Waals surface area contributed by atoms with Gasteiger partial charge in [0.1, 0.15) is 0 Å². The quantitative estimate of drug-likeness (QED) is 0.711. The van der Waals surface area contributed by atoms with Gasteiger partial charge in [-0.1, -0.05) is 0 Å². The third-order valence-electron chi connectivity index (χ3n) is 3.15. The van der Waals surface area contributed by atoms with Crippen LogP contribution >= 0.6 is 0 Å². The lowest BCUT2D eigenvalue weighted by atomic mass is 10.1. The average Bonchev–Trinajstić information content (AvgIpc) is 2.49. The summed E-state index contributed by atoms with van der Waals surface area (Å²) in [5, 5.41) is 0. The minimum atomic E-state index is -3.03. The smallest absolute Gasteiger partial charge is 0.255 e. The van der Waals surface area contributed by atoms with Crippen LogP contribution in [0, 0.1) is 0 Å². The number of nitrogen functional groups attached to an aromatic ring is 2. The van der Waals surface area contributed by atoms with Crippen molar-refractivity contribution in [1.29, 1.82) is 0 Å². The molecule has 1 aromatic rings. The maximum atomic E-state index is 12.3. The van der Waals surface area contributed by atoms with Crippen molar-refractivity contribution in [2.75, 3.05) is 36.1 Å². The van der Waals surface area contributed by atoms with Crippen molar-refractivity contribution in [2.24, 2.45) is 0 Å². The number of sulfone groups is 1. The first-order chi connectivity index (χ1) is 8.89. The standard InChI is InChI=1S/C12H17N3O3S/c13-9-2-3-10(11(14)8-9)12(16)15-4-1-6-19(17,18)7-5-15/h2-3,8H,1,4-7,13-14H2. The molecule has 1 fully saturated rings. The third kappa shape index (κ3) is 3.17. The Morgan fingerprint density at radius 1 is 1.16 bits per heavy atom. The summed E-state index contributed by atoms with van der Waals surface area (Å²) in [6.07, 6.45) is 0.461. The van der Waals surface area contributed by atoms with Crippen molar-refractivity contribution in [2.45, 2.75) is 6.42 Å². The van der Waals surface area contributed by atoms with Gasteiger partial charge in [-0.15, -0.1) is 0 Å². The average molecular weight is 283 g/mol. The highest BCUT2D eigenvalue weighted by Gasteiger charge is 2.24. The lowest BCUT2D eigenvalue weighted by molar-refractivity contribution is 0.0769. The van der Waals surface area contributed by atoms with Gasteiger partial charge in [0, 0.05) is 24.5 Å². The van der Waals surface area contributed by atoms with Gasteiger partial charge in [-0.2, -0.15) is 0 Å². The van der Waals surface area contributed by atoms with E-state index in [0.29, 0.717) is 29.9 Å². The largest absolute Gasteiger partial charge is 0.399 e. The Labute approximate surface area is 112 Å². The second-order valence-corrected chi connectivity index (χ2v) is 6.95. The lowest BCUT2D eigenvalue weighted by Gasteiger charge is -2.20. The Balaban J connectivity index is 2.20. The number of amides is 1. The molecule has 1 saturated heterocycles. The molecule has 6 nitrogen and oxygen atoms in total. The molecule has 7 heteroatoms. The molecule has 1 aromatic carbocycles. The van der Waals surface area contributed by atoms with Crippen LogP contribution in [0.3, 0.4) is 0 Å². The Morgan fingerprint density at radius 2 is 1.89 bits per heavy atom. The molecule has 0 saturated carbocycles. The van der Waals surface area contributed by atoms with Gasteiger partial charge in [-0.05, 0) is 24.6 Å². The molecule has 1 amide bonds. The van der Waals surface area contributed by atoms with Crippen LogP contribution in [0.2, 0.25) is 0 Å². The summed E-state index contributed by atoms with van der Waals surface area (Å²) in [5.41, 5.74) is 12.5. The fourth-order valence-corrected chi connectivity index (χ4v) is 3.36. The fourth-order valence-electron chi connectivity index (χ4n) is 2.09. The van der Waals surface area contributed by atoms with Crippen molar-refractivity contribution >= 4 is 27.1 Å². The van der Waals surface area contributed by atoms with E-state index in [1.165, 1.54) is 11.0 Å². The predicted molar refractivity (Wildman–Crippen MR) is 74.4 cm³/mol. The summed E-state index contributed by atoms with van der Waals surface area (Å²) >= 11 is 0. The molecule has 4 N–H and O–H groups in total. The molecule has 0 unspecified atom stereocenters. The van der Waals surface area contributed by atoms with Crippen molar-refractivity contribution < 1.29 is 13.2 Å². The molecule has 0 aromatic heterocycles. The van der Waals surface area contributed by atoms with Crippen molar-refractivity contribution in [1.82, 2.24) is 4.90 Å². The second-order valence-electron chi connectivity index (χ2n) is 4.64. The molecular formula is C12H17N3O3S. The van der Waals surface area contributed by atoms with E-state index in [4.69, 9.17) is 11.5 Å². The molecule has 19 heavy (non-hydrogen) atoms. The van der Waals surface area contributed by atoms with Gasteiger partial charge in [0.15, 0.2) is 9.84 Å². The number of benzene rings is 1. The Hall–Kier alpha value is -1.76. The van der Waals surface area contributed by atoms with Crippen LogP contribution in [-0.4, -0.2) is 43.8 Å². The van der Waals surface area contributed by atoms with Gasteiger partial charge in [0.05, 0.1) is 17.1 Å². The zero-order valence-corrected chi connectivity index (χ0v) is 11.3. The molecule has 1 heterocycles. The van der Waals surface area contributed by atoms with Crippen LogP contribution in [0.15, 0.2) is 18.2 Å².